The highest BCUT2D eigenvalue weighted by Gasteiger charge is 2.15. The summed E-state index contributed by atoms with van der Waals surface area (Å²) in [6.07, 6.45) is 0.610. The van der Waals surface area contributed by atoms with Gasteiger partial charge in [-0.15, -0.1) is 0 Å². The highest BCUT2D eigenvalue weighted by molar-refractivity contribution is 6.30. The van der Waals surface area contributed by atoms with Crippen LogP contribution in [0, 0.1) is 13.8 Å². The molecule has 2 nitrogen and oxygen atoms in total. The van der Waals surface area contributed by atoms with Gasteiger partial charge in [0, 0.05) is 21.2 Å². The molecule has 0 fully saturated rings. The summed E-state index contributed by atoms with van der Waals surface area (Å²) in [5.41, 5.74) is 4.21. The number of halogens is 2. The Morgan fingerprint density at radius 2 is 1.00 bits per heavy atom. The molecule has 0 aliphatic carbocycles. The molecule has 0 bridgehead atoms. The number of rotatable bonds is 4. The van der Waals surface area contributed by atoms with E-state index in [-0.39, 0.29) is 0 Å². The standard InChI is InChI=1S/C23H18Cl2O2/c1-14-11-22(16-3-7-18(24)8-4-16)26-20(14)13-21-15(2)12-23(27-21)17-5-9-19(25)10-6-17/h3-12H,13H2,1-2H3. The zero-order chi connectivity index (χ0) is 19.0. The first-order valence-corrected chi connectivity index (χ1v) is 9.45. The minimum Gasteiger partial charge on any atom is -0.460 e. The average molecular weight is 397 g/mol. The minimum absolute atomic E-state index is 0.610. The van der Waals surface area contributed by atoms with E-state index >= 15 is 0 Å². The van der Waals surface area contributed by atoms with Crippen LogP contribution in [0.1, 0.15) is 22.6 Å². The fourth-order valence-corrected chi connectivity index (χ4v) is 3.30. The monoisotopic (exact) mass is 396 g/mol. The van der Waals surface area contributed by atoms with Gasteiger partial charge in [0.15, 0.2) is 0 Å². The smallest absolute Gasteiger partial charge is 0.134 e. The molecule has 2 aromatic carbocycles. The van der Waals surface area contributed by atoms with E-state index in [2.05, 4.69) is 26.0 Å². The van der Waals surface area contributed by atoms with Crippen LogP contribution in [0.5, 0.6) is 0 Å². The number of benzene rings is 2. The van der Waals surface area contributed by atoms with Gasteiger partial charge in [0.1, 0.15) is 23.0 Å². The Morgan fingerprint density at radius 1 is 0.630 bits per heavy atom. The lowest BCUT2D eigenvalue weighted by Gasteiger charge is -2.00. The van der Waals surface area contributed by atoms with Crippen molar-refractivity contribution in [2.24, 2.45) is 0 Å². The molecule has 0 N–H and O–H groups in total. The van der Waals surface area contributed by atoms with E-state index in [1.165, 1.54) is 0 Å². The first kappa shape index (κ1) is 18.0. The maximum atomic E-state index is 6.11. The predicted octanol–water partition coefficient (Wildman–Crippen LogP) is 7.72. The van der Waals surface area contributed by atoms with Crippen LogP contribution in [0.15, 0.2) is 69.5 Å². The normalized spacial score (nSPS) is 11.1. The van der Waals surface area contributed by atoms with Crippen LogP contribution >= 0.6 is 23.2 Å². The fourth-order valence-electron chi connectivity index (χ4n) is 3.05. The van der Waals surface area contributed by atoms with Crippen molar-refractivity contribution in [1.29, 1.82) is 0 Å². The molecule has 27 heavy (non-hydrogen) atoms. The zero-order valence-corrected chi connectivity index (χ0v) is 16.6. The lowest BCUT2D eigenvalue weighted by Crippen LogP contribution is -1.87. The Balaban J connectivity index is 1.61. The Labute approximate surface area is 168 Å². The quantitative estimate of drug-likeness (QED) is 0.352. The predicted molar refractivity (Wildman–Crippen MR) is 111 cm³/mol. The molecule has 4 rings (SSSR count). The van der Waals surface area contributed by atoms with Gasteiger partial charge in [-0.2, -0.15) is 0 Å². The molecule has 0 radical (unpaired) electrons. The molecular formula is C23H18Cl2O2. The van der Waals surface area contributed by atoms with Crippen molar-refractivity contribution in [2.45, 2.75) is 20.3 Å². The van der Waals surface area contributed by atoms with E-state index < -0.39 is 0 Å². The van der Waals surface area contributed by atoms with Gasteiger partial charge in [-0.05, 0) is 85.6 Å². The van der Waals surface area contributed by atoms with E-state index in [1.54, 1.807) is 0 Å². The van der Waals surface area contributed by atoms with Crippen LogP contribution in [-0.2, 0) is 6.42 Å². The van der Waals surface area contributed by atoms with Gasteiger partial charge in [0.05, 0.1) is 6.42 Å². The fraction of sp³-hybridized carbons (Fsp3) is 0.130. The summed E-state index contributed by atoms with van der Waals surface area (Å²) in [6.45, 7) is 4.10. The van der Waals surface area contributed by atoms with Crippen LogP contribution in [-0.4, -0.2) is 0 Å². The van der Waals surface area contributed by atoms with Crippen molar-refractivity contribution in [3.63, 3.8) is 0 Å². The molecule has 0 unspecified atom stereocenters. The number of furan rings is 2. The van der Waals surface area contributed by atoms with Crippen LogP contribution in [0.4, 0.5) is 0 Å². The second-order valence-corrected chi connectivity index (χ2v) is 7.50. The summed E-state index contributed by atoms with van der Waals surface area (Å²) >= 11 is 11.9. The zero-order valence-electron chi connectivity index (χ0n) is 15.1. The van der Waals surface area contributed by atoms with Gasteiger partial charge in [-0.3, -0.25) is 0 Å². The van der Waals surface area contributed by atoms with Crippen molar-refractivity contribution in [2.75, 3.05) is 0 Å². The van der Waals surface area contributed by atoms with E-state index in [4.69, 9.17) is 32.0 Å². The Kier molecular flexibility index (Phi) is 4.86. The molecule has 0 saturated heterocycles. The molecule has 136 valence electrons. The Morgan fingerprint density at radius 3 is 1.37 bits per heavy atom. The number of hydrogen-bond donors (Lipinski definition) is 0. The summed E-state index contributed by atoms with van der Waals surface area (Å²) in [5.74, 6) is 3.47. The second kappa shape index (κ2) is 7.30. The summed E-state index contributed by atoms with van der Waals surface area (Å²) in [4.78, 5) is 0. The van der Waals surface area contributed by atoms with Crippen molar-refractivity contribution in [3.8, 4) is 22.6 Å². The Hall–Kier alpha value is -2.42. The van der Waals surface area contributed by atoms with Gasteiger partial charge in [0.2, 0.25) is 0 Å². The SMILES string of the molecule is Cc1cc(-c2ccc(Cl)cc2)oc1Cc1oc(-c2ccc(Cl)cc2)cc1C. The Bertz CT molecular complexity index is 983. The molecule has 2 heterocycles. The number of hydrogen-bond acceptors (Lipinski definition) is 2. The van der Waals surface area contributed by atoms with Gasteiger partial charge >= 0.3 is 0 Å². The van der Waals surface area contributed by atoms with E-state index in [1.807, 2.05) is 48.5 Å². The van der Waals surface area contributed by atoms with E-state index in [0.29, 0.717) is 16.5 Å². The molecule has 4 aromatic rings. The highest BCUT2D eigenvalue weighted by atomic mass is 35.5. The van der Waals surface area contributed by atoms with Crippen molar-refractivity contribution < 1.29 is 8.83 Å². The van der Waals surface area contributed by atoms with Crippen LogP contribution < -0.4 is 0 Å². The maximum Gasteiger partial charge on any atom is 0.134 e. The van der Waals surface area contributed by atoms with E-state index in [9.17, 15) is 0 Å². The van der Waals surface area contributed by atoms with Crippen molar-refractivity contribution in [1.82, 2.24) is 0 Å². The van der Waals surface area contributed by atoms with Gasteiger partial charge < -0.3 is 8.83 Å². The summed E-state index contributed by atoms with van der Waals surface area (Å²) < 4.78 is 12.2. The maximum absolute atomic E-state index is 6.11. The van der Waals surface area contributed by atoms with Crippen LogP contribution in [0.25, 0.3) is 22.6 Å². The number of aryl methyl sites for hydroxylation is 2. The molecule has 4 heteroatoms. The molecule has 0 saturated carbocycles. The largest absolute Gasteiger partial charge is 0.460 e. The van der Waals surface area contributed by atoms with Gasteiger partial charge in [-0.25, -0.2) is 0 Å². The van der Waals surface area contributed by atoms with Crippen LogP contribution in [0.2, 0.25) is 10.0 Å². The third kappa shape index (κ3) is 3.83. The molecule has 0 amide bonds. The van der Waals surface area contributed by atoms with Gasteiger partial charge in [-0.1, -0.05) is 23.2 Å². The van der Waals surface area contributed by atoms with Gasteiger partial charge in [0.25, 0.3) is 0 Å². The van der Waals surface area contributed by atoms with Crippen molar-refractivity contribution >= 4 is 23.2 Å². The molecule has 0 aliphatic rings. The summed E-state index contributed by atoms with van der Waals surface area (Å²) in [5, 5.41) is 1.42. The topological polar surface area (TPSA) is 26.3 Å². The lowest BCUT2D eigenvalue weighted by atomic mass is 10.1. The first-order chi connectivity index (χ1) is 13.0. The lowest BCUT2D eigenvalue weighted by molar-refractivity contribution is 0.483. The third-order valence-corrected chi connectivity index (χ3v) is 5.12. The third-order valence-electron chi connectivity index (χ3n) is 4.62. The summed E-state index contributed by atoms with van der Waals surface area (Å²) in [7, 11) is 0. The van der Waals surface area contributed by atoms with Crippen LogP contribution in [0.3, 0.4) is 0 Å². The average Bonchev–Trinajstić information content (AvgIpc) is 3.20. The molecule has 0 aliphatic heterocycles. The van der Waals surface area contributed by atoms with Crippen molar-refractivity contribution in [3.05, 3.63) is 93.4 Å². The summed E-state index contributed by atoms with van der Waals surface area (Å²) in [6, 6.07) is 19.4. The second-order valence-electron chi connectivity index (χ2n) is 6.62. The molecule has 2 aromatic heterocycles. The highest BCUT2D eigenvalue weighted by Crippen LogP contribution is 2.31. The molecular weight excluding hydrogens is 379 g/mol. The first-order valence-electron chi connectivity index (χ1n) is 8.70. The molecule has 0 atom stereocenters. The van der Waals surface area contributed by atoms with E-state index in [0.717, 1.165) is 45.3 Å². The molecule has 0 spiro atoms. The minimum atomic E-state index is 0.610.